The van der Waals surface area contributed by atoms with Crippen molar-refractivity contribution in [2.24, 2.45) is 0 Å². The third kappa shape index (κ3) is 3.58. The predicted molar refractivity (Wildman–Crippen MR) is 83.3 cm³/mol. The highest BCUT2D eigenvalue weighted by atomic mass is 79.9. The van der Waals surface area contributed by atoms with E-state index in [-0.39, 0.29) is 0 Å². The molecule has 100 valence electrons. The molecule has 0 aliphatic carbocycles. The lowest BCUT2D eigenvalue weighted by Crippen LogP contribution is -2.16. The normalized spacial score (nSPS) is 12.2. The van der Waals surface area contributed by atoms with E-state index in [2.05, 4.69) is 52.1 Å². The minimum Gasteiger partial charge on any atom is -0.389 e. The second-order valence-corrected chi connectivity index (χ2v) is 5.58. The predicted octanol–water partition coefficient (Wildman–Crippen LogP) is 4.14. The number of aliphatic hydroxyl groups is 1. The summed E-state index contributed by atoms with van der Waals surface area (Å²) >= 11 is 3.58. The van der Waals surface area contributed by atoms with E-state index in [0.717, 1.165) is 22.3 Å². The Morgan fingerprint density at radius 1 is 1.16 bits per heavy atom. The summed E-state index contributed by atoms with van der Waals surface area (Å²) in [5, 5.41) is 9.58. The van der Waals surface area contributed by atoms with Gasteiger partial charge in [0.2, 0.25) is 0 Å². The summed E-state index contributed by atoms with van der Waals surface area (Å²) in [5.41, 5.74) is 3.31. The average molecular weight is 320 g/mol. The second-order valence-electron chi connectivity index (χ2n) is 4.73. The van der Waals surface area contributed by atoms with Gasteiger partial charge in [0.25, 0.3) is 0 Å². The lowest BCUT2D eigenvalue weighted by molar-refractivity contribution is 0.199. The van der Waals surface area contributed by atoms with E-state index in [4.69, 9.17) is 0 Å². The van der Waals surface area contributed by atoms with Crippen LogP contribution in [0.1, 0.15) is 24.2 Å². The molecule has 0 aromatic heterocycles. The summed E-state index contributed by atoms with van der Waals surface area (Å²) in [6.45, 7) is 2.63. The van der Waals surface area contributed by atoms with Crippen molar-refractivity contribution < 1.29 is 5.11 Å². The summed E-state index contributed by atoms with van der Waals surface area (Å²) in [5.74, 6) is 0. The zero-order chi connectivity index (χ0) is 13.8. The molecule has 0 saturated heterocycles. The van der Waals surface area contributed by atoms with Gasteiger partial charge in [-0.25, -0.2) is 0 Å². The van der Waals surface area contributed by atoms with Crippen LogP contribution < -0.4 is 4.90 Å². The van der Waals surface area contributed by atoms with Crippen LogP contribution >= 0.6 is 15.9 Å². The lowest BCUT2D eigenvalue weighted by atomic mass is 10.1. The molecule has 0 fully saturated rings. The van der Waals surface area contributed by atoms with Crippen molar-refractivity contribution in [2.75, 3.05) is 11.9 Å². The second kappa shape index (κ2) is 6.22. The molecule has 0 amide bonds. The van der Waals surface area contributed by atoms with E-state index < -0.39 is 6.10 Å². The number of nitrogens with zero attached hydrogens (tertiary/aromatic N) is 1. The molecule has 0 radical (unpaired) electrons. The van der Waals surface area contributed by atoms with E-state index in [1.165, 1.54) is 5.56 Å². The van der Waals surface area contributed by atoms with Gasteiger partial charge in [0, 0.05) is 18.1 Å². The smallest absolute Gasteiger partial charge is 0.0762 e. The van der Waals surface area contributed by atoms with Crippen LogP contribution in [0.25, 0.3) is 0 Å². The fourth-order valence-electron chi connectivity index (χ4n) is 2.04. The average Bonchev–Trinajstić information content (AvgIpc) is 2.39. The van der Waals surface area contributed by atoms with Gasteiger partial charge in [-0.1, -0.05) is 36.4 Å². The highest BCUT2D eigenvalue weighted by molar-refractivity contribution is 9.10. The molecule has 0 aliphatic heterocycles. The Kier molecular flexibility index (Phi) is 4.61. The van der Waals surface area contributed by atoms with Gasteiger partial charge in [-0.05, 0) is 46.1 Å². The Balaban J connectivity index is 2.17. The van der Waals surface area contributed by atoms with Gasteiger partial charge < -0.3 is 10.0 Å². The Morgan fingerprint density at radius 3 is 2.42 bits per heavy atom. The van der Waals surface area contributed by atoms with Gasteiger partial charge in [-0.3, -0.25) is 0 Å². The Hall–Kier alpha value is -1.32. The molecule has 2 aromatic carbocycles. The van der Waals surface area contributed by atoms with Crippen molar-refractivity contribution in [3.8, 4) is 0 Å². The molecule has 1 unspecified atom stereocenters. The van der Waals surface area contributed by atoms with Gasteiger partial charge in [-0.2, -0.15) is 0 Å². The van der Waals surface area contributed by atoms with Gasteiger partial charge in [0.1, 0.15) is 0 Å². The van der Waals surface area contributed by atoms with Crippen LogP contribution in [0.2, 0.25) is 0 Å². The maximum Gasteiger partial charge on any atom is 0.0762 e. The van der Waals surface area contributed by atoms with E-state index in [9.17, 15) is 5.11 Å². The monoisotopic (exact) mass is 319 g/mol. The van der Waals surface area contributed by atoms with Crippen LogP contribution in [-0.4, -0.2) is 12.2 Å². The van der Waals surface area contributed by atoms with Crippen molar-refractivity contribution >= 4 is 21.6 Å². The zero-order valence-electron chi connectivity index (χ0n) is 11.2. The molecule has 19 heavy (non-hydrogen) atoms. The standard InChI is InChI=1S/C16H18BrNO/c1-12(19)14-8-9-16(15(17)10-14)18(2)11-13-6-4-3-5-7-13/h3-10,12,19H,11H2,1-2H3. The third-order valence-corrected chi connectivity index (χ3v) is 3.76. The van der Waals surface area contributed by atoms with Gasteiger partial charge in [-0.15, -0.1) is 0 Å². The topological polar surface area (TPSA) is 23.5 Å². The number of hydrogen-bond acceptors (Lipinski definition) is 2. The van der Waals surface area contributed by atoms with E-state index >= 15 is 0 Å². The minimum absolute atomic E-state index is 0.440. The Labute approximate surface area is 122 Å². The van der Waals surface area contributed by atoms with Gasteiger partial charge in [0.15, 0.2) is 0 Å². The molecule has 2 aromatic rings. The zero-order valence-corrected chi connectivity index (χ0v) is 12.8. The molecule has 0 spiro atoms. The number of anilines is 1. The number of aliphatic hydroxyl groups excluding tert-OH is 1. The van der Waals surface area contributed by atoms with Crippen molar-refractivity contribution in [1.82, 2.24) is 0 Å². The lowest BCUT2D eigenvalue weighted by Gasteiger charge is -2.21. The van der Waals surface area contributed by atoms with Crippen LogP contribution in [-0.2, 0) is 6.54 Å². The van der Waals surface area contributed by atoms with Crippen molar-refractivity contribution in [2.45, 2.75) is 19.6 Å². The molecule has 1 atom stereocenters. The summed E-state index contributed by atoms with van der Waals surface area (Å²) in [7, 11) is 2.06. The minimum atomic E-state index is -0.440. The van der Waals surface area contributed by atoms with Crippen LogP contribution in [0.5, 0.6) is 0 Å². The van der Waals surface area contributed by atoms with Crippen molar-refractivity contribution in [3.05, 3.63) is 64.1 Å². The number of halogens is 1. The first kappa shape index (κ1) is 14.1. The maximum absolute atomic E-state index is 9.58. The largest absolute Gasteiger partial charge is 0.389 e. The van der Waals surface area contributed by atoms with Crippen LogP contribution in [0.4, 0.5) is 5.69 Å². The first-order chi connectivity index (χ1) is 9.08. The molecule has 0 aliphatic rings. The number of benzene rings is 2. The van der Waals surface area contributed by atoms with Crippen LogP contribution in [0, 0.1) is 0 Å². The molecular weight excluding hydrogens is 302 g/mol. The number of hydrogen-bond donors (Lipinski definition) is 1. The highest BCUT2D eigenvalue weighted by Gasteiger charge is 2.09. The molecule has 1 N–H and O–H groups in total. The molecule has 2 rings (SSSR count). The Morgan fingerprint density at radius 2 is 1.84 bits per heavy atom. The van der Waals surface area contributed by atoms with E-state index in [1.807, 2.05) is 24.3 Å². The van der Waals surface area contributed by atoms with Crippen LogP contribution in [0.3, 0.4) is 0 Å². The van der Waals surface area contributed by atoms with Gasteiger partial charge >= 0.3 is 0 Å². The molecule has 0 heterocycles. The summed E-state index contributed by atoms with van der Waals surface area (Å²) in [6.07, 6.45) is -0.440. The van der Waals surface area contributed by atoms with Crippen molar-refractivity contribution in [1.29, 1.82) is 0 Å². The molecule has 2 nitrogen and oxygen atoms in total. The van der Waals surface area contributed by atoms with Crippen molar-refractivity contribution in [3.63, 3.8) is 0 Å². The fraction of sp³-hybridized carbons (Fsp3) is 0.250. The quantitative estimate of drug-likeness (QED) is 0.915. The summed E-state index contributed by atoms with van der Waals surface area (Å²) in [4.78, 5) is 2.19. The highest BCUT2D eigenvalue weighted by Crippen LogP contribution is 2.29. The fourth-order valence-corrected chi connectivity index (χ4v) is 2.73. The summed E-state index contributed by atoms with van der Waals surface area (Å²) in [6, 6.07) is 16.3. The van der Waals surface area contributed by atoms with E-state index in [0.29, 0.717) is 0 Å². The first-order valence-corrected chi connectivity index (χ1v) is 7.10. The SMILES string of the molecule is CC(O)c1ccc(N(C)Cc2ccccc2)c(Br)c1. The third-order valence-electron chi connectivity index (χ3n) is 3.13. The summed E-state index contributed by atoms with van der Waals surface area (Å²) < 4.78 is 1.00. The first-order valence-electron chi connectivity index (χ1n) is 6.30. The van der Waals surface area contributed by atoms with E-state index in [1.54, 1.807) is 6.92 Å². The van der Waals surface area contributed by atoms with Crippen LogP contribution in [0.15, 0.2) is 53.0 Å². The van der Waals surface area contributed by atoms with Gasteiger partial charge in [0.05, 0.1) is 11.8 Å². The molecule has 3 heteroatoms. The Bertz CT molecular complexity index is 540. The molecule has 0 bridgehead atoms. The maximum atomic E-state index is 9.58. The molecular formula is C16H18BrNO. The molecule has 0 saturated carbocycles. The number of rotatable bonds is 4.